The standard InChI is InChI=1S/C23H25F3N2O4S/c1-33(31,32)17-9-7-16(8-10-17)22(30)12-13-28(19-5-3-2-4-18(19)22)21(29)15-6-11-20(27-14-15)23(24,25)26/h6-11,14,18-19,30H,2-5,12-13H2,1H3/t18-,19+,22?/m1/s1. The molecule has 1 aliphatic carbocycles. The number of amides is 1. The maximum absolute atomic E-state index is 13.2. The van der Waals surface area contributed by atoms with Crippen LogP contribution in [0.15, 0.2) is 47.5 Å². The molecule has 2 aromatic rings. The average molecular weight is 483 g/mol. The van der Waals surface area contributed by atoms with Gasteiger partial charge in [0.05, 0.1) is 16.1 Å². The number of alkyl halides is 3. The summed E-state index contributed by atoms with van der Waals surface area (Å²) in [6.45, 7) is 0.228. The minimum atomic E-state index is -4.58. The van der Waals surface area contributed by atoms with E-state index in [0.717, 1.165) is 37.4 Å². The number of aromatic nitrogens is 1. The number of fused-ring (bicyclic) bond motifs is 1. The largest absolute Gasteiger partial charge is 0.433 e. The van der Waals surface area contributed by atoms with Gasteiger partial charge >= 0.3 is 6.18 Å². The molecular weight excluding hydrogens is 457 g/mol. The molecule has 1 saturated carbocycles. The molecule has 0 radical (unpaired) electrons. The first-order chi connectivity index (χ1) is 15.4. The molecule has 1 aliphatic heterocycles. The SMILES string of the molecule is CS(=O)(=O)c1ccc(C2(O)CCN(C(=O)c3ccc(C(F)(F)F)nc3)[C@H]3CCCC[C@H]32)cc1. The highest BCUT2D eigenvalue weighted by Crippen LogP contribution is 2.47. The number of likely N-dealkylation sites (tertiary alicyclic amines) is 1. The number of benzene rings is 1. The van der Waals surface area contributed by atoms with Gasteiger partial charge in [0.15, 0.2) is 9.84 Å². The Hall–Kier alpha value is -2.46. The van der Waals surface area contributed by atoms with E-state index in [4.69, 9.17) is 0 Å². The fourth-order valence-electron chi connectivity index (χ4n) is 5.14. The summed E-state index contributed by atoms with van der Waals surface area (Å²) in [5, 5.41) is 11.7. The van der Waals surface area contributed by atoms with Crippen molar-refractivity contribution >= 4 is 15.7 Å². The van der Waals surface area contributed by atoms with E-state index in [0.29, 0.717) is 18.4 Å². The van der Waals surface area contributed by atoms with Gasteiger partial charge in [-0.05, 0) is 49.1 Å². The normalized spacial score (nSPS) is 26.0. The lowest BCUT2D eigenvalue weighted by molar-refractivity contribution is -0.141. The molecule has 3 atom stereocenters. The lowest BCUT2D eigenvalue weighted by Gasteiger charge is -2.52. The van der Waals surface area contributed by atoms with Crippen LogP contribution in [0.4, 0.5) is 13.2 Å². The number of piperidine rings is 1. The summed E-state index contributed by atoms with van der Waals surface area (Å²) < 4.78 is 62.0. The molecule has 2 aliphatic rings. The van der Waals surface area contributed by atoms with Crippen LogP contribution in [0.5, 0.6) is 0 Å². The predicted molar refractivity (Wildman–Crippen MR) is 114 cm³/mol. The lowest BCUT2D eigenvalue weighted by Crippen LogP contribution is -2.59. The quantitative estimate of drug-likeness (QED) is 0.719. The Morgan fingerprint density at radius 3 is 2.36 bits per heavy atom. The first kappa shape index (κ1) is 23.7. The second-order valence-electron chi connectivity index (χ2n) is 8.86. The van der Waals surface area contributed by atoms with E-state index in [-0.39, 0.29) is 35.4 Å². The van der Waals surface area contributed by atoms with Crippen LogP contribution in [0.1, 0.15) is 53.7 Å². The van der Waals surface area contributed by atoms with Crippen LogP contribution in [-0.4, -0.2) is 48.2 Å². The topological polar surface area (TPSA) is 87.6 Å². The fraction of sp³-hybridized carbons (Fsp3) is 0.478. The second kappa shape index (κ2) is 8.39. The van der Waals surface area contributed by atoms with E-state index in [1.165, 1.54) is 12.1 Å². The Balaban J connectivity index is 1.61. The Kier molecular flexibility index (Phi) is 6.03. The molecule has 0 bridgehead atoms. The van der Waals surface area contributed by atoms with Crippen LogP contribution >= 0.6 is 0 Å². The van der Waals surface area contributed by atoms with Gasteiger partial charge in [-0.3, -0.25) is 9.78 Å². The number of hydrogen-bond donors (Lipinski definition) is 1. The smallest absolute Gasteiger partial charge is 0.385 e. The maximum atomic E-state index is 13.2. The Bertz CT molecular complexity index is 1130. The van der Waals surface area contributed by atoms with E-state index >= 15 is 0 Å². The number of rotatable bonds is 3. The Morgan fingerprint density at radius 1 is 1.12 bits per heavy atom. The molecule has 178 valence electrons. The number of hydrogen-bond acceptors (Lipinski definition) is 5. The molecule has 1 N–H and O–H groups in total. The molecule has 6 nitrogen and oxygen atoms in total. The average Bonchev–Trinajstić information content (AvgIpc) is 2.78. The molecule has 4 rings (SSSR count). The Labute approximate surface area is 190 Å². The van der Waals surface area contributed by atoms with Crippen LogP contribution in [0.2, 0.25) is 0 Å². The molecule has 1 saturated heterocycles. The molecule has 10 heteroatoms. The fourth-order valence-corrected chi connectivity index (χ4v) is 5.77. The van der Waals surface area contributed by atoms with Crippen molar-refractivity contribution in [2.24, 2.45) is 5.92 Å². The van der Waals surface area contributed by atoms with Gasteiger partial charge < -0.3 is 10.0 Å². The number of pyridine rings is 1. The number of carbonyl (C=O) groups is 1. The van der Waals surface area contributed by atoms with E-state index in [1.807, 2.05) is 0 Å². The second-order valence-corrected chi connectivity index (χ2v) is 10.9. The number of aliphatic hydroxyl groups is 1. The van der Waals surface area contributed by atoms with Crippen LogP contribution in [0, 0.1) is 5.92 Å². The summed E-state index contributed by atoms with van der Waals surface area (Å²) in [4.78, 5) is 18.4. The number of sulfone groups is 1. The van der Waals surface area contributed by atoms with Gasteiger partial charge in [0, 0.05) is 31.0 Å². The van der Waals surface area contributed by atoms with Crippen molar-refractivity contribution in [2.75, 3.05) is 12.8 Å². The first-order valence-corrected chi connectivity index (χ1v) is 12.7. The zero-order valence-electron chi connectivity index (χ0n) is 18.0. The zero-order valence-corrected chi connectivity index (χ0v) is 18.9. The third-order valence-corrected chi connectivity index (χ3v) is 7.95. The predicted octanol–water partition coefficient (Wildman–Crippen LogP) is 3.80. The third kappa shape index (κ3) is 4.50. The maximum Gasteiger partial charge on any atom is 0.433 e. The summed E-state index contributed by atoms with van der Waals surface area (Å²) in [5.74, 6) is -0.668. The summed E-state index contributed by atoms with van der Waals surface area (Å²) in [5.41, 5.74) is -1.60. The van der Waals surface area contributed by atoms with Crippen LogP contribution in [0.25, 0.3) is 0 Å². The van der Waals surface area contributed by atoms with Crippen molar-refractivity contribution < 1.29 is 31.5 Å². The van der Waals surface area contributed by atoms with Gasteiger partial charge in [-0.1, -0.05) is 25.0 Å². The lowest BCUT2D eigenvalue weighted by atomic mass is 9.66. The van der Waals surface area contributed by atoms with E-state index in [9.17, 15) is 31.5 Å². The van der Waals surface area contributed by atoms with Crippen molar-refractivity contribution in [3.63, 3.8) is 0 Å². The first-order valence-electron chi connectivity index (χ1n) is 10.8. The van der Waals surface area contributed by atoms with Crippen LogP contribution < -0.4 is 0 Å². The molecule has 1 aromatic carbocycles. The highest BCUT2D eigenvalue weighted by Gasteiger charge is 2.50. The van der Waals surface area contributed by atoms with E-state index in [1.54, 1.807) is 17.0 Å². The molecule has 0 spiro atoms. The molecule has 1 aromatic heterocycles. The van der Waals surface area contributed by atoms with E-state index < -0.39 is 33.2 Å². The van der Waals surface area contributed by atoms with Crippen molar-refractivity contribution in [1.82, 2.24) is 9.88 Å². The van der Waals surface area contributed by atoms with Gasteiger partial charge in [0.25, 0.3) is 5.91 Å². The molecule has 1 unspecified atom stereocenters. The summed E-state index contributed by atoms with van der Waals surface area (Å²) in [7, 11) is -3.37. The number of halogens is 3. The summed E-state index contributed by atoms with van der Waals surface area (Å²) in [6, 6.07) is 7.87. The van der Waals surface area contributed by atoms with Crippen molar-refractivity contribution in [1.29, 1.82) is 0 Å². The van der Waals surface area contributed by atoms with Gasteiger partial charge in [0.1, 0.15) is 5.69 Å². The monoisotopic (exact) mass is 482 g/mol. The molecule has 2 fully saturated rings. The zero-order chi connectivity index (χ0) is 24.0. The third-order valence-electron chi connectivity index (χ3n) is 6.82. The van der Waals surface area contributed by atoms with Crippen molar-refractivity contribution in [3.8, 4) is 0 Å². The summed E-state index contributed by atoms with van der Waals surface area (Å²) in [6.07, 6.45) is 0.852. The van der Waals surface area contributed by atoms with Crippen LogP contribution in [0.3, 0.4) is 0 Å². The molecule has 33 heavy (non-hydrogen) atoms. The van der Waals surface area contributed by atoms with Gasteiger partial charge in [-0.15, -0.1) is 0 Å². The number of nitrogens with zero attached hydrogens (tertiary/aromatic N) is 2. The molecular formula is C23H25F3N2O4S. The highest BCUT2D eigenvalue weighted by atomic mass is 32.2. The minimum Gasteiger partial charge on any atom is -0.385 e. The van der Waals surface area contributed by atoms with Gasteiger partial charge in [-0.2, -0.15) is 13.2 Å². The van der Waals surface area contributed by atoms with Crippen LogP contribution in [-0.2, 0) is 21.6 Å². The minimum absolute atomic E-state index is 0.0790. The molecule has 2 heterocycles. The van der Waals surface area contributed by atoms with Gasteiger partial charge in [0.2, 0.25) is 0 Å². The molecule has 1 amide bonds. The van der Waals surface area contributed by atoms with E-state index in [2.05, 4.69) is 4.98 Å². The van der Waals surface area contributed by atoms with Crippen molar-refractivity contribution in [2.45, 2.75) is 54.8 Å². The number of carbonyl (C=O) groups excluding carboxylic acids is 1. The summed E-state index contributed by atoms with van der Waals surface area (Å²) >= 11 is 0. The van der Waals surface area contributed by atoms with Gasteiger partial charge in [-0.25, -0.2) is 8.42 Å². The Morgan fingerprint density at radius 2 is 1.79 bits per heavy atom. The van der Waals surface area contributed by atoms with Crippen molar-refractivity contribution in [3.05, 3.63) is 59.4 Å². The highest BCUT2D eigenvalue weighted by molar-refractivity contribution is 7.90.